The van der Waals surface area contributed by atoms with Gasteiger partial charge in [-0.3, -0.25) is 14.5 Å². The van der Waals surface area contributed by atoms with E-state index < -0.39 is 12.1 Å². The van der Waals surface area contributed by atoms with Gasteiger partial charge in [0.2, 0.25) is 0 Å². The summed E-state index contributed by atoms with van der Waals surface area (Å²) in [5.74, 6) is -0.613. The molecule has 0 spiro atoms. The molecule has 0 bridgehead atoms. The number of alkyl halides is 3. The highest BCUT2D eigenvalue weighted by atomic mass is 32.2. The quantitative estimate of drug-likeness (QED) is 0.338. The van der Waals surface area contributed by atoms with E-state index in [9.17, 15) is 22.8 Å². The van der Waals surface area contributed by atoms with Gasteiger partial charge in [0.1, 0.15) is 5.39 Å². The summed E-state index contributed by atoms with van der Waals surface area (Å²) in [5, 5.41) is 14.8. The number of benzene rings is 2. The van der Waals surface area contributed by atoms with Crippen LogP contribution in [0, 0.1) is 0 Å². The van der Waals surface area contributed by atoms with Crippen LogP contribution < -0.4 is 10.9 Å². The molecule has 0 radical (unpaired) electrons. The van der Waals surface area contributed by atoms with E-state index in [-0.39, 0.29) is 11.5 Å². The van der Waals surface area contributed by atoms with Gasteiger partial charge in [-0.05, 0) is 29.8 Å². The first-order valence-electron chi connectivity index (χ1n) is 11.6. The Labute approximate surface area is 223 Å². The van der Waals surface area contributed by atoms with Gasteiger partial charge in [-0.15, -0.1) is 0 Å². The first-order chi connectivity index (χ1) is 18.6. The molecule has 0 saturated carbocycles. The average molecular weight is 561 g/mol. The van der Waals surface area contributed by atoms with Crippen molar-refractivity contribution in [3.63, 3.8) is 0 Å². The molecule has 4 aromatic rings. The lowest BCUT2D eigenvalue weighted by atomic mass is 10.1. The van der Waals surface area contributed by atoms with Gasteiger partial charge in [0.15, 0.2) is 5.65 Å². The number of para-hydroxylation sites is 2. The third-order valence-corrected chi connectivity index (χ3v) is 6.66. The van der Waals surface area contributed by atoms with Crippen LogP contribution in [-0.2, 0) is 11.3 Å². The van der Waals surface area contributed by atoms with Crippen molar-refractivity contribution in [1.29, 1.82) is 0 Å². The van der Waals surface area contributed by atoms with Crippen molar-refractivity contribution in [2.75, 3.05) is 29.9 Å². The van der Waals surface area contributed by atoms with E-state index in [0.717, 1.165) is 19.6 Å². The number of aromatic amines is 1. The molecule has 1 aliphatic rings. The number of carboxylic acids is 1. The third-order valence-electron chi connectivity index (χ3n) is 5.72. The molecule has 39 heavy (non-hydrogen) atoms. The molecule has 14 heteroatoms. The third kappa shape index (κ3) is 7.03. The molecular formula is C25H23F3N6O4S. The maximum absolute atomic E-state index is 12.9. The summed E-state index contributed by atoms with van der Waals surface area (Å²) in [5.41, 5.74) is 3.17. The molecule has 204 valence electrons. The van der Waals surface area contributed by atoms with Crippen molar-refractivity contribution in [3.05, 3.63) is 82.5 Å². The Balaban J connectivity index is 0.000000448. The van der Waals surface area contributed by atoms with E-state index in [2.05, 4.69) is 25.3 Å². The van der Waals surface area contributed by atoms with Crippen molar-refractivity contribution in [2.24, 2.45) is 0 Å². The van der Waals surface area contributed by atoms with Gasteiger partial charge in [-0.1, -0.05) is 24.3 Å². The predicted molar refractivity (Wildman–Crippen MR) is 140 cm³/mol. The van der Waals surface area contributed by atoms with Crippen molar-refractivity contribution in [2.45, 2.75) is 12.7 Å². The molecule has 0 atom stereocenters. The molecule has 1 aliphatic heterocycles. The average Bonchev–Trinajstić information content (AvgIpc) is 3.35. The van der Waals surface area contributed by atoms with Gasteiger partial charge < -0.3 is 15.4 Å². The molecule has 3 N–H and O–H groups in total. The summed E-state index contributed by atoms with van der Waals surface area (Å²) in [7, 11) is 0. The molecule has 2 aromatic carbocycles. The van der Waals surface area contributed by atoms with Crippen LogP contribution in [-0.4, -0.2) is 72.4 Å². The molecule has 1 amide bonds. The number of carboxylic acid groups (broad SMARTS) is 1. The monoisotopic (exact) mass is 560 g/mol. The number of halogens is 3. The molecular weight excluding hydrogens is 537 g/mol. The van der Waals surface area contributed by atoms with Gasteiger partial charge >= 0.3 is 12.1 Å². The van der Waals surface area contributed by atoms with E-state index >= 15 is 0 Å². The SMILES string of the molecule is O=C(Nc1ccccc1-n1ncc2c(=O)[nH]cnc21)c1ccc(CN2CCSCC2)cc1.O=C(O)C(F)(F)F. The van der Waals surface area contributed by atoms with Crippen molar-refractivity contribution < 1.29 is 27.9 Å². The standard InChI is InChI=1S/C23H22N6O2S.C2HF3O2/c30-22(17-7-5-16(6-8-17)14-28-9-11-32-12-10-28)27-19-3-1-2-4-20(19)29-21-18(13-26-29)23(31)25-15-24-21;3-2(4,5)1(6)7/h1-8,13,15H,9-12,14H2,(H,27,30)(H,24,25,31);(H,6,7). The van der Waals surface area contributed by atoms with Crippen LogP contribution in [0.25, 0.3) is 16.7 Å². The lowest BCUT2D eigenvalue weighted by Crippen LogP contribution is -2.31. The fraction of sp³-hybridized carbons (Fsp3) is 0.240. The second-order valence-electron chi connectivity index (χ2n) is 8.38. The fourth-order valence-corrected chi connectivity index (χ4v) is 4.75. The Morgan fingerprint density at radius 2 is 1.74 bits per heavy atom. The van der Waals surface area contributed by atoms with Crippen LogP contribution in [0.2, 0.25) is 0 Å². The van der Waals surface area contributed by atoms with Crippen LogP contribution in [0.15, 0.2) is 65.8 Å². The van der Waals surface area contributed by atoms with Crippen LogP contribution in [0.3, 0.4) is 0 Å². The number of carbonyl (C=O) groups is 2. The highest BCUT2D eigenvalue weighted by Crippen LogP contribution is 2.23. The van der Waals surface area contributed by atoms with Gasteiger partial charge in [0.05, 0.1) is 23.9 Å². The smallest absolute Gasteiger partial charge is 0.475 e. The zero-order valence-electron chi connectivity index (χ0n) is 20.3. The lowest BCUT2D eigenvalue weighted by Gasteiger charge is -2.26. The zero-order chi connectivity index (χ0) is 28.0. The first kappa shape index (κ1) is 27.9. The largest absolute Gasteiger partial charge is 0.490 e. The van der Waals surface area contributed by atoms with E-state index in [1.165, 1.54) is 29.6 Å². The number of amides is 1. The molecule has 0 aliphatic carbocycles. The van der Waals surface area contributed by atoms with Crippen LogP contribution >= 0.6 is 11.8 Å². The van der Waals surface area contributed by atoms with E-state index in [4.69, 9.17) is 9.90 Å². The number of fused-ring (bicyclic) bond motifs is 1. The molecule has 3 heterocycles. The Morgan fingerprint density at radius 1 is 1.08 bits per heavy atom. The minimum Gasteiger partial charge on any atom is -0.475 e. The summed E-state index contributed by atoms with van der Waals surface area (Å²) >= 11 is 2.00. The normalized spacial score (nSPS) is 13.9. The molecule has 1 fully saturated rings. The number of nitrogens with zero attached hydrogens (tertiary/aromatic N) is 4. The summed E-state index contributed by atoms with van der Waals surface area (Å²) < 4.78 is 33.3. The lowest BCUT2D eigenvalue weighted by molar-refractivity contribution is -0.192. The number of anilines is 1. The number of H-pyrrole nitrogens is 1. The van der Waals surface area contributed by atoms with Crippen LogP contribution in [0.1, 0.15) is 15.9 Å². The predicted octanol–water partition coefficient (Wildman–Crippen LogP) is 3.54. The highest BCUT2D eigenvalue weighted by molar-refractivity contribution is 7.99. The number of aliphatic carboxylic acids is 1. The number of nitrogens with one attached hydrogen (secondary N) is 2. The number of carbonyl (C=O) groups excluding carboxylic acids is 1. The van der Waals surface area contributed by atoms with Gasteiger partial charge in [-0.2, -0.15) is 30.0 Å². The fourth-order valence-electron chi connectivity index (χ4n) is 3.77. The number of rotatable bonds is 5. The highest BCUT2D eigenvalue weighted by Gasteiger charge is 2.38. The summed E-state index contributed by atoms with van der Waals surface area (Å²) in [6.07, 6.45) is -2.27. The van der Waals surface area contributed by atoms with Crippen molar-refractivity contribution in [1.82, 2.24) is 24.6 Å². The maximum atomic E-state index is 12.9. The minimum absolute atomic E-state index is 0.208. The first-order valence-corrected chi connectivity index (χ1v) is 12.8. The Bertz CT molecular complexity index is 1510. The summed E-state index contributed by atoms with van der Waals surface area (Å²) in [4.78, 5) is 43.1. The van der Waals surface area contributed by atoms with E-state index in [1.807, 2.05) is 54.2 Å². The maximum Gasteiger partial charge on any atom is 0.490 e. The Morgan fingerprint density at radius 3 is 2.41 bits per heavy atom. The van der Waals surface area contributed by atoms with Crippen molar-refractivity contribution in [3.8, 4) is 5.69 Å². The Kier molecular flexibility index (Phi) is 8.66. The van der Waals surface area contributed by atoms with E-state index in [0.29, 0.717) is 28.0 Å². The van der Waals surface area contributed by atoms with Gasteiger partial charge in [0.25, 0.3) is 11.5 Å². The summed E-state index contributed by atoms with van der Waals surface area (Å²) in [6.45, 7) is 3.11. The van der Waals surface area contributed by atoms with Gasteiger partial charge in [0, 0.05) is 36.7 Å². The van der Waals surface area contributed by atoms with Gasteiger partial charge in [-0.25, -0.2) is 14.5 Å². The number of thioether (sulfide) groups is 1. The topological polar surface area (TPSA) is 133 Å². The van der Waals surface area contributed by atoms with Crippen molar-refractivity contribution >= 4 is 40.4 Å². The second-order valence-corrected chi connectivity index (χ2v) is 9.61. The minimum atomic E-state index is -5.08. The van der Waals surface area contributed by atoms with Crippen LogP contribution in [0.5, 0.6) is 0 Å². The molecule has 2 aromatic heterocycles. The van der Waals surface area contributed by atoms with Crippen LogP contribution in [0.4, 0.5) is 18.9 Å². The summed E-state index contributed by atoms with van der Waals surface area (Å²) in [6, 6.07) is 15.1. The zero-order valence-corrected chi connectivity index (χ0v) is 21.1. The molecule has 5 rings (SSSR count). The van der Waals surface area contributed by atoms with E-state index in [1.54, 1.807) is 10.7 Å². The number of hydrogen-bond acceptors (Lipinski definition) is 7. The number of hydrogen-bond donors (Lipinski definition) is 3. The Hall–Kier alpha value is -4.17. The molecule has 10 nitrogen and oxygen atoms in total. The molecule has 0 unspecified atom stereocenters. The second kappa shape index (κ2) is 12.1. The number of aromatic nitrogens is 4. The molecule has 1 saturated heterocycles.